The third-order valence-electron chi connectivity index (χ3n) is 4.50. The van der Waals surface area contributed by atoms with Gasteiger partial charge in [0.15, 0.2) is 0 Å². The van der Waals surface area contributed by atoms with Crippen LogP contribution in [-0.4, -0.2) is 42.1 Å². The van der Waals surface area contributed by atoms with E-state index in [1.807, 2.05) is 27.0 Å². The van der Waals surface area contributed by atoms with Gasteiger partial charge in [-0.15, -0.1) is 0 Å². The molecule has 0 radical (unpaired) electrons. The van der Waals surface area contributed by atoms with Gasteiger partial charge >= 0.3 is 11.9 Å². The molecule has 0 fully saturated rings. The van der Waals surface area contributed by atoms with Crippen LogP contribution in [0.4, 0.5) is 5.69 Å². The lowest BCUT2D eigenvalue weighted by Crippen LogP contribution is -2.25. The van der Waals surface area contributed by atoms with Crippen LogP contribution in [0.2, 0.25) is 0 Å². The molecule has 2 rings (SSSR count). The molecule has 162 valence electrons. The van der Waals surface area contributed by atoms with E-state index in [0.717, 1.165) is 29.7 Å². The summed E-state index contributed by atoms with van der Waals surface area (Å²) in [6, 6.07) is 8.64. The second-order valence-electron chi connectivity index (χ2n) is 7.24. The topological polar surface area (TPSA) is 88.1 Å². The third-order valence-corrected chi connectivity index (χ3v) is 4.50. The largest absolute Gasteiger partial charge is 0.508 e. The van der Waals surface area contributed by atoms with Crippen molar-refractivity contribution < 1.29 is 24.2 Å². The van der Waals surface area contributed by atoms with Crippen molar-refractivity contribution >= 4 is 17.6 Å². The number of amides is 1. The van der Waals surface area contributed by atoms with Crippen LogP contribution in [0.5, 0.6) is 17.2 Å². The number of ether oxygens (including phenoxy) is 2. The molecular formula is C23H30N2O5. The number of hydrogen-bond donors (Lipinski definition) is 2. The fourth-order valence-electron chi connectivity index (χ4n) is 3.18. The van der Waals surface area contributed by atoms with Crippen molar-refractivity contribution in [1.82, 2.24) is 4.90 Å². The van der Waals surface area contributed by atoms with E-state index in [1.54, 1.807) is 31.2 Å². The zero-order valence-electron chi connectivity index (χ0n) is 18.2. The zero-order valence-corrected chi connectivity index (χ0v) is 18.2. The number of nitrogens with zero attached hydrogens (tertiary/aromatic N) is 1. The summed E-state index contributed by atoms with van der Waals surface area (Å²) in [6.45, 7) is 9.16. The number of benzene rings is 2. The van der Waals surface area contributed by atoms with E-state index in [-0.39, 0.29) is 12.4 Å². The molecule has 0 spiro atoms. The Hall–Kier alpha value is -3.06. The molecule has 0 saturated heterocycles. The van der Waals surface area contributed by atoms with Crippen LogP contribution < -0.4 is 10.1 Å². The molecule has 0 heterocycles. The Morgan fingerprint density at radius 1 is 1.10 bits per heavy atom. The lowest BCUT2D eigenvalue weighted by molar-refractivity contribution is -0.152. The van der Waals surface area contributed by atoms with Gasteiger partial charge in [0.2, 0.25) is 0 Å². The van der Waals surface area contributed by atoms with Crippen LogP contribution >= 0.6 is 0 Å². The average molecular weight is 415 g/mol. The second kappa shape index (κ2) is 10.6. The Labute approximate surface area is 177 Å². The smallest absolute Gasteiger partial charge is 0.397 e. The van der Waals surface area contributed by atoms with E-state index in [0.29, 0.717) is 23.7 Å². The summed E-state index contributed by atoms with van der Waals surface area (Å²) in [5.74, 6) is -0.234. The molecule has 2 aromatic rings. The van der Waals surface area contributed by atoms with Crippen molar-refractivity contribution in [2.24, 2.45) is 0 Å². The van der Waals surface area contributed by atoms with E-state index >= 15 is 0 Å². The molecule has 2 aromatic carbocycles. The Balaban J connectivity index is 2.19. The number of phenolic OH excluding ortho intramolecular Hbond substituents is 1. The summed E-state index contributed by atoms with van der Waals surface area (Å²) in [5.41, 5.74) is 2.87. The van der Waals surface area contributed by atoms with Gasteiger partial charge in [0, 0.05) is 17.8 Å². The van der Waals surface area contributed by atoms with Crippen LogP contribution in [0.3, 0.4) is 0 Å². The van der Waals surface area contributed by atoms with E-state index in [2.05, 4.69) is 17.1 Å². The predicted octanol–water partition coefficient (Wildman–Crippen LogP) is 4.14. The van der Waals surface area contributed by atoms with Crippen LogP contribution in [-0.2, 0) is 20.9 Å². The maximum Gasteiger partial charge on any atom is 0.397 e. The van der Waals surface area contributed by atoms with Crippen molar-refractivity contribution in [3.8, 4) is 17.2 Å². The normalized spacial score (nSPS) is 10.7. The van der Waals surface area contributed by atoms with Gasteiger partial charge in [-0.1, -0.05) is 6.92 Å². The third kappa shape index (κ3) is 6.22. The Kier molecular flexibility index (Phi) is 8.24. The molecule has 0 atom stereocenters. The lowest BCUT2D eigenvalue weighted by atomic mass is 10.1. The number of anilines is 1. The molecule has 0 aliphatic rings. The molecule has 7 heteroatoms. The SMILES string of the molecule is CCCN(C)Cc1cc(Oc2c(C)cc(NC(=O)C(=O)OCC)cc2C)ccc1O. The number of rotatable bonds is 8. The highest BCUT2D eigenvalue weighted by Crippen LogP contribution is 2.33. The van der Waals surface area contributed by atoms with E-state index in [9.17, 15) is 14.7 Å². The van der Waals surface area contributed by atoms with E-state index in [1.165, 1.54) is 0 Å². The number of phenols is 1. The minimum Gasteiger partial charge on any atom is -0.508 e. The predicted molar refractivity (Wildman–Crippen MR) is 116 cm³/mol. The first kappa shape index (κ1) is 23.2. The fraction of sp³-hybridized carbons (Fsp3) is 0.391. The Morgan fingerprint density at radius 3 is 2.37 bits per heavy atom. The highest BCUT2D eigenvalue weighted by molar-refractivity contribution is 6.37. The molecule has 1 amide bonds. The lowest BCUT2D eigenvalue weighted by Gasteiger charge is -2.18. The summed E-state index contributed by atoms with van der Waals surface area (Å²) in [7, 11) is 2.01. The summed E-state index contributed by atoms with van der Waals surface area (Å²) in [5, 5.41) is 12.7. The fourth-order valence-corrected chi connectivity index (χ4v) is 3.18. The number of aryl methyl sites for hydroxylation is 2. The van der Waals surface area contributed by atoms with Crippen molar-refractivity contribution in [2.45, 2.75) is 40.7 Å². The number of nitrogens with one attached hydrogen (secondary N) is 1. The molecule has 30 heavy (non-hydrogen) atoms. The molecule has 0 bridgehead atoms. The van der Waals surface area contributed by atoms with Crippen LogP contribution in [0.1, 0.15) is 37.0 Å². The zero-order chi connectivity index (χ0) is 22.3. The summed E-state index contributed by atoms with van der Waals surface area (Å²) >= 11 is 0. The monoisotopic (exact) mass is 414 g/mol. The number of aromatic hydroxyl groups is 1. The summed E-state index contributed by atoms with van der Waals surface area (Å²) in [4.78, 5) is 25.5. The summed E-state index contributed by atoms with van der Waals surface area (Å²) in [6.07, 6.45) is 1.03. The van der Waals surface area contributed by atoms with Crippen LogP contribution in [0, 0.1) is 13.8 Å². The molecule has 2 N–H and O–H groups in total. The molecule has 0 unspecified atom stereocenters. The molecule has 0 aromatic heterocycles. The molecule has 0 aliphatic heterocycles. The Morgan fingerprint density at radius 2 is 1.77 bits per heavy atom. The van der Waals surface area contributed by atoms with Gasteiger partial charge in [-0.05, 0) is 82.2 Å². The summed E-state index contributed by atoms with van der Waals surface area (Å²) < 4.78 is 10.8. The van der Waals surface area contributed by atoms with Gasteiger partial charge < -0.3 is 24.8 Å². The van der Waals surface area contributed by atoms with Gasteiger partial charge in [0.25, 0.3) is 0 Å². The minimum atomic E-state index is -0.919. The van der Waals surface area contributed by atoms with Crippen molar-refractivity contribution in [2.75, 3.05) is 25.5 Å². The number of esters is 1. The minimum absolute atomic E-state index is 0.139. The first-order valence-corrected chi connectivity index (χ1v) is 10.0. The van der Waals surface area contributed by atoms with Crippen LogP contribution in [0.15, 0.2) is 30.3 Å². The molecular weight excluding hydrogens is 384 g/mol. The van der Waals surface area contributed by atoms with Crippen molar-refractivity contribution in [3.05, 3.63) is 47.0 Å². The highest BCUT2D eigenvalue weighted by atomic mass is 16.5. The highest BCUT2D eigenvalue weighted by Gasteiger charge is 2.17. The molecule has 0 aliphatic carbocycles. The number of carbonyl (C=O) groups is 2. The van der Waals surface area contributed by atoms with E-state index < -0.39 is 11.9 Å². The first-order chi connectivity index (χ1) is 14.2. The van der Waals surface area contributed by atoms with E-state index in [4.69, 9.17) is 9.47 Å². The molecule has 7 nitrogen and oxygen atoms in total. The average Bonchev–Trinajstić information content (AvgIpc) is 2.67. The van der Waals surface area contributed by atoms with Gasteiger partial charge in [-0.25, -0.2) is 4.79 Å². The van der Waals surface area contributed by atoms with Gasteiger partial charge in [-0.3, -0.25) is 4.79 Å². The second-order valence-corrected chi connectivity index (χ2v) is 7.24. The maximum atomic E-state index is 11.9. The maximum absolute atomic E-state index is 11.9. The van der Waals surface area contributed by atoms with Crippen molar-refractivity contribution in [1.29, 1.82) is 0 Å². The van der Waals surface area contributed by atoms with Gasteiger partial charge in [-0.2, -0.15) is 0 Å². The molecule has 0 saturated carbocycles. The van der Waals surface area contributed by atoms with Gasteiger partial charge in [0.1, 0.15) is 17.2 Å². The number of hydrogen-bond acceptors (Lipinski definition) is 6. The van der Waals surface area contributed by atoms with Gasteiger partial charge in [0.05, 0.1) is 6.61 Å². The Bertz CT molecular complexity index is 887. The number of carbonyl (C=O) groups excluding carboxylic acids is 2. The van der Waals surface area contributed by atoms with Crippen molar-refractivity contribution in [3.63, 3.8) is 0 Å². The quantitative estimate of drug-likeness (QED) is 0.498. The van der Waals surface area contributed by atoms with Crippen LogP contribution in [0.25, 0.3) is 0 Å². The standard InChI is InChI=1S/C23H30N2O5/c1-6-10-25(5)14-17-13-19(8-9-20(17)26)30-21-15(3)11-18(12-16(21)4)24-22(27)23(28)29-7-2/h8-9,11-13,26H,6-7,10,14H2,1-5H3,(H,24,27). The first-order valence-electron chi connectivity index (χ1n) is 10.0.